The molecule has 5 atom stereocenters. The maximum atomic E-state index is 6.39. The van der Waals surface area contributed by atoms with Gasteiger partial charge in [-0.1, -0.05) is 59.5 Å². The van der Waals surface area contributed by atoms with Crippen molar-refractivity contribution in [1.82, 2.24) is 0 Å². The minimum atomic E-state index is -0.535. The van der Waals surface area contributed by atoms with Gasteiger partial charge in [-0.25, -0.2) is 0 Å². The fourth-order valence-electron chi connectivity index (χ4n) is 3.41. The molecule has 184 valence electrons. The molecule has 0 amide bonds. The van der Waals surface area contributed by atoms with E-state index in [2.05, 4.69) is 34.3 Å². The lowest BCUT2D eigenvalue weighted by Crippen LogP contribution is -2.62. The van der Waals surface area contributed by atoms with Crippen molar-refractivity contribution in [2.45, 2.75) is 110 Å². The fourth-order valence-corrected chi connectivity index (χ4v) is 3.41. The van der Waals surface area contributed by atoms with Crippen molar-refractivity contribution in [3.8, 4) is 0 Å². The molecule has 31 heavy (non-hydrogen) atoms. The summed E-state index contributed by atoms with van der Waals surface area (Å²) in [6, 6.07) is 0. The summed E-state index contributed by atoms with van der Waals surface area (Å²) < 4.78 is 37.3. The molecule has 1 aliphatic heterocycles. The standard InChI is InChI=1S/C25H48O6/c1-6-11-16-26-20-21-22(27-17-12-7-2)23(28-18-13-8-3)24(29-19-14-9-4)25(31-21)30-15-10-5/h10,21-25H,5-9,11-20H2,1-4H3/t21?,22?,23?,24-,25?/m0/s1. The van der Waals surface area contributed by atoms with E-state index in [0.717, 1.165) is 51.4 Å². The first kappa shape index (κ1) is 28.5. The van der Waals surface area contributed by atoms with Crippen LogP contribution in [0.3, 0.4) is 0 Å². The summed E-state index contributed by atoms with van der Waals surface area (Å²) in [6.45, 7) is 16.0. The summed E-state index contributed by atoms with van der Waals surface area (Å²) >= 11 is 0. The molecule has 0 aliphatic carbocycles. The van der Waals surface area contributed by atoms with Crippen LogP contribution in [0.5, 0.6) is 0 Å². The zero-order chi connectivity index (χ0) is 22.7. The van der Waals surface area contributed by atoms with Crippen LogP contribution in [-0.2, 0) is 28.4 Å². The van der Waals surface area contributed by atoms with Crippen molar-refractivity contribution in [2.75, 3.05) is 39.6 Å². The molecule has 0 radical (unpaired) electrons. The molecule has 0 aromatic heterocycles. The smallest absolute Gasteiger partial charge is 0.187 e. The van der Waals surface area contributed by atoms with E-state index >= 15 is 0 Å². The van der Waals surface area contributed by atoms with Gasteiger partial charge in [0.25, 0.3) is 0 Å². The van der Waals surface area contributed by atoms with Crippen LogP contribution < -0.4 is 0 Å². The second-order valence-corrected chi connectivity index (χ2v) is 8.16. The summed E-state index contributed by atoms with van der Waals surface area (Å²) in [5.41, 5.74) is 0. The average molecular weight is 445 g/mol. The van der Waals surface area contributed by atoms with Gasteiger partial charge in [0.2, 0.25) is 0 Å². The minimum absolute atomic E-state index is 0.250. The van der Waals surface area contributed by atoms with E-state index < -0.39 is 6.29 Å². The van der Waals surface area contributed by atoms with E-state index in [4.69, 9.17) is 28.4 Å². The lowest BCUT2D eigenvalue weighted by atomic mass is 9.98. The Morgan fingerprint density at radius 1 is 0.677 bits per heavy atom. The van der Waals surface area contributed by atoms with Crippen LogP contribution in [0, 0.1) is 0 Å². The maximum absolute atomic E-state index is 6.39. The van der Waals surface area contributed by atoms with Crippen molar-refractivity contribution < 1.29 is 28.4 Å². The van der Waals surface area contributed by atoms with Gasteiger partial charge in [0.15, 0.2) is 6.29 Å². The van der Waals surface area contributed by atoms with Crippen LogP contribution in [0.4, 0.5) is 0 Å². The van der Waals surface area contributed by atoms with Gasteiger partial charge in [-0.05, 0) is 25.7 Å². The third kappa shape index (κ3) is 11.3. The second kappa shape index (κ2) is 19.0. The highest BCUT2D eigenvalue weighted by atomic mass is 16.7. The Balaban J connectivity index is 3.03. The van der Waals surface area contributed by atoms with Gasteiger partial charge in [-0.3, -0.25) is 0 Å². The molecular formula is C25H48O6. The van der Waals surface area contributed by atoms with Gasteiger partial charge in [-0.2, -0.15) is 0 Å². The third-order valence-electron chi connectivity index (χ3n) is 5.32. The Labute approximate surface area is 190 Å². The maximum Gasteiger partial charge on any atom is 0.187 e. The van der Waals surface area contributed by atoms with E-state index in [-0.39, 0.29) is 24.4 Å². The summed E-state index contributed by atoms with van der Waals surface area (Å²) in [6.07, 6.45) is 8.41. The first-order valence-corrected chi connectivity index (χ1v) is 12.5. The highest BCUT2D eigenvalue weighted by Crippen LogP contribution is 2.30. The topological polar surface area (TPSA) is 55.4 Å². The molecule has 1 rings (SSSR count). The van der Waals surface area contributed by atoms with Crippen LogP contribution >= 0.6 is 0 Å². The number of ether oxygens (including phenoxy) is 6. The largest absolute Gasteiger partial charge is 0.379 e. The van der Waals surface area contributed by atoms with Gasteiger partial charge in [0.1, 0.15) is 24.4 Å². The van der Waals surface area contributed by atoms with Crippen molar-refractivity contribution in [3.63, 3.8) is 0 Å². The highest BCUT2D eigenvalue weighted by molar-refractivity contribution is 4.93. The Morgan fingerprint density at radius 3 is 1.74 bits per heavy atom. The minimum Gasteiger partial charge on any atom is -0.379 e. The molecule has 0 saturated carbocycles. The Kier molecular flexibility index (Phi) is 17.5. The molecule has 4 unspecified atom stereocenters. The first-order valence-electron chi connectivity index (χ1n) is 12.5. The molecule has 0 spiro atoms. The normalized spacial score (nSPS) is 26.3. The average Bonchev–Trinajstić information content (AvgIpc) is 2.78. The lowest BCUT2D eigenvalue weighted by Gasteiger charge is -2.45. The van der Waals surface area contributed by atoms with E-state index in [1.54, 1.807) is 6.08 Å². The lowest BCUT2D eigenvalue weighted by molar-refractivity contribution is -0.321. The molecule has 0 bridgehead atoms. The van der Waals surface area contributed by atoms with Crippen LogP contribution in [0.25, 0.3) is 0 Å². The quantitative estimate of drug-likeness (QED) is 0.188. The Morgan fingerprint density at radius 2 is 1.19 bits per heavy atom. The van der Waals surface area contributed by atoms with Crippen molar-refractivity contribution in [2.24, 2.45) is 0 Å². The molecule has 1 heterocycles. The summed E-state index contributed by atoms with van der Waals surface area (Å²) in [5.74, 6) is 0. The second-order valence-electron chi connectivity index (χ2n) is 8.16. The van der Waals surface area contributed by atoms with E-state index in [1.165, 1.54) is 0 Å². The molecule has 1 fully saturated rings. The number of hydrogen-bond donors (Lipinski definition) is 0. The number of unbranched alkanes of at least 4 members (excludes halogenated alkanes) is 4. The van der Waals surface area contributed by atoms with E-state index in [1.807, 2.05) is 0 Å². The number of hydrogen-bond acceptors (Lipinski definition) is 6. The van der Waals surface area contributed by atoms with Crippen LogP contribution in [0.1, 0.15) is 79.1 Å². The van der Waals surface area contributed by atoms with Gasteiger partial charge in [0, 0.05) is 26.4 Å². The van der Waals surface area contributed by atoms with Crippen molar-refractivity contribution in [3.05, 3.63) is 12.7 Å². The summed E-state index contributed by atoms with van der Waals surface area (Å²) in [4.78, 5) is 0. The van der Waals surface area contributed by atoms with Gasteiger partial charge >= 0.3 is 0 Å². The summed E-state index contributed by atoms with van der Waals surface area (Å²) in [5, 5.41) is 0. The molecule has 0 aromatic rings. The Bertz CT molecular complexity index is 419. The predicted octanol–water partition coefficient (Wildman–Crippen LogP) is 5.29. The van der Waals surface area contributed by atoms with E-state index in [0.29, 0.717) is 39.6 Å². The van der Waals surface area contributed by atoms with Gasteiger partial charge in [0.05, 0.1) is 13.2 Å². The highest BCUT2D eigenvalue weighted by Gasteiger charge is 2.48. The van der Waals surface area contributed by atoms with Crippen molar-refractivity contribution >= 4 is 0 Å². The molecular weight excluding hydrogens is 396 g/mol. The third-order valence-corrected chi connectivity index (χ3v) is 5.32. The van der Waals surface area contributed by atoms with Crippen LogP contribution in [0.2, 0.25) is 0 Å². The zero-order valence-electron chi connectivity index (χ0n) is 20.5. The predicted molar refractivity (Wildman–Crippen MR) is 124 cm³/mol. The molecule has 0 N–H and O–H groups in total. The number of rotatable bonds is 20. The van der Waals surface area contributed by atoms with Crippen molar-refractivity contribution in [1.29, 1.82) is 0 Å². The first-order chi connectivity index (χ1) is 15.2. The molecule has 6 nitrogen and oxygen atoms in total. The molecule has 0 aromatic carbocycles. The van der Waals surface area contributed by atoms with Gasteiger partial charge in [-0.15, -0.1) is 6.58 Å². The zero-order valence-corrected chi connectivity index (χ0v) is 20.5. The fraction of sp³-hybridized carbons (Fsp3) is 0.920. The summed E-state index contributed by atoms with van der Waals surface area (Å²) in [7, 11) is 0. The monoisotopic (exact) mass is 444 g/mol. The van der Waals surface area contributed by atoms with E-state index in [9.17, 15) is 0 Å². The Hall–Kier alpha value is -0.500. The molecule has 6 heteroatoms. The van der Waals surface area contributed by atoms with Crippen LogP contribution in [-0.4, -0.2) is 70.3 Å². The molecule has 1 aliphatic rings. The molecule has 1 saturated heterocycles. The SMILES string of the molecule is C=CCOC1OC(COCCCC)C(OCCCC)C(OCCCC)[C@@H]1OCCCC. The van der Waals surface area contributed by atoms with Gasteiger partial charge < -0.3 is 28.4 Å². The van der Waals surface area contributed by atoms with Crippen LogP contribution in [0.15, 0.2) is 12.7 Å².